The van der Waals surface area contributed by atoms with Crippen LogP contribution in [0.25, 0.3) is 32.3 Å². The van der Waals surface area contributed by atoms with E-state index in [2.05, 4.69) is 30.3 Å². The molecule has 0 spiro atoms. The van der Waals surface area contributed by atoms with Crippen molar-refractivity contribution in [2.24, 2.45) is 0 Å². The largest absolute Gasteiger partial charge is 0.300 e. The van der Waals surface area contributed by atoms with E-state index in [1.165, 1.54) is 23.1 Å². The van der Waals surface area contributed by atoms with Crippen molar-refractivity contribution in [1.29, 1.82) is 0 Å². The zero-order chi connectivity index (χ0) is 15.3. The number of rotatable bonds is 3. The zero-order valence-electron chi connectivity index (χ0n) is 12.2. The van der Waals surface area contributed by atoms with Gasteiger partial charge in [0.15, 0.2) is 5.78 Å². The third-order valence-corrected chi connectivity index (χ3v) is 4.24. The molecule has 4 rings (SSSR count). The van der Waals surface area contributed by atoms with Crippen LogP contribution in [0.15, 0.2) is 54.6 Å². The van der Waals surface area contributed by atoms with Gasteiger partial charge in [-0.2, -0.15) is 0 Å². The predicted octanol–water partition coefficient (Wildman–Crippen LogP) is 4.75. The molecule has 106 valence electrons. The molecule has 0 unspecified atom stereocenters. The molecule has 2 heteroatoms. The molecule has 0 saturated carbocycles. The summed E-state index contributed by atoms with van der Waals surface area (Å²) in [4.78, 5) is 23.7. The lowest BCUT2D eigenvalue weighted by Gasteiger charge is -2.13. The van der Waals surface area contributed by atoms with E-state index < -0.39 is 0 Å². The van der Waals surface area contributed by atoms with Crippen LogP contribution in [0.3, 0.4) is 0 Å². The van der Waals surface area contributed by atoms with E-state index in [1.807, 2.05) is 24.3 Å². The van der Waals surface area contributed by atoms with Gasteiger partial charge < -0.3 is 0 Å². The van der Waals surface area contributed by atoms with Gasteiger partial charge in [-0.15, -0.1) is 0 Å². The molecular weight excluding hydrogens is 272 g/mol. The molecule has 0 saturated heterocycles. The Balaban J connectivity index is 2.12. The lowest BCUT2D eigenvalue weighted by molar-refractivity contribution is -0.116. The van der Waals surface area contributed by atoms with Crippen LogP contribution in [0.5, 0.6) is 0 Å². The number of carbonyl (C=O) groups excluding carboxylic acids is 2. The van der Waals surface area contributed by atoms with Crippen LogP contribution >= 0.6 is 0 Å². The second kappa shape index (κ2) is 4.63. The zero-order valence-corrected chi connectivity index (χ0v) is 12.2. The fourth-order valence-electron chi connectivity index (χ4n) is 3.30. The van der Waals surface area contributed by atoms with Gasteiger partial charge in [0.2, 0.25) is 0 Å². The second-order valence-electron chi connectivity index (χ2n) is 5.77. The van der Waals surface area contributed by atoms with Crippen molar-refractivity contribution in [2.45, 2.75) is 13.3 Å². The smallest absolute Gasteiger partial charge is 0.170 e. The number of hydrogen-bond donors (Lipinski definition) is 0. The van der Waals surface area contributed by atoms with E-state index in [4.69, 9.17) is 0 Å². The van der Waals surface area contributed by atoms with E-state index in [0.29, 0.717) is 5.56 Å². The first-order valence-electron chi connectivity index (χ1n) is 7.34. The summed E-state index contributed by atoms with van der Waals surface area (Å²) in [6.45, 7) is 1.45. The molecule has 0 atom stereocenters. The summed E-state index contributed by atoms with van der Waals surface area (Å²) in [5, 5.41) is 6.71. The van der Waals surface area contributed by atoms with Gasteiger partial charge in [-0.1, -0.05) is 54.6 Å². The third-order valence-electron chi connectivity index (χ3n) is 4.24. The van der Waals surface area contributed by atoms with Gasteiger partial charge in [0.05, 0.1) is 6.42 Å². The summed E-state index contributed by atoms with van der Waals surface area (Å²) in [7, 11) is 0. The van der Waals surface area contributed by atoms with Crippen molar-refractivity contribution in [1.82, 2.24) is 0 Å². The maximum Gasteiger partial charge on any atom is 0.170 e. The normalized spacial score (nSPS) is 11.5. The van der Waals surface area contributed by atoms with Gasteiger partial charge in [-0.3, -0.25) is 9.59 Å². The average molecular weight is 286 g/mol. The molecule has 0 bridgehead atoms. The number of carbonyl (C=O) groups is 2. The van der Waals surface area contributed by atoms with Crippen LogP contribution in [0, 0.1) is 0 Å². The molecule has 0 aliphatic heterocycles. The van der Waals surface area contributed by atoms with Gasteiger partial charge in [0.1, 0.15) is 5.78 Å². The van der Waals surface area contributed by atoms with Crippen LogP contribution in [-0.4, -0.2) is 11.6 Å². The Morgan fingerprint density at radius 2 is 1.36 bits per heavy atom. The Morgan fingerprint density at radius 3 is 2.05 bits per heavy atom. The second-order valence-corrected chi connectivity index (χ2v) is 5.77. The van der Waals surface area contributed by atoms with Gasteiger partial charge in [-0.25, -0.2) is 0 Å². The highest BCUT2D eigenvalue weighted by atomic mass is 16.1. The van der Waals surface area contributed by atoms with Crippen LogP contribution in [-0.2, 0) is 4.79 Å². The summed E-state index contributed by atoms with van der Waals surface area (Å²) < 4.78 is 0. The Bertz CT molecular complexity index is 1030. The van der Waals surface area contributed by atoms with Crippen LogP contribution < -0.4 is 0 Å². The highest BCUT2D eigenvalue weighted by Crippen LogP contribution is 2.36. The van der Waals surface area contributed by atoms with E-state index in [0.717, 1.165) is 16.2 Å². The van der Waals surface area contributed by atoms with Gasteiger partial charge in [0, 0.05) is 5.56 Å². The summed E-state index contributed by atoms with van der Waals surface area (Å²) in [6.07, 6.45) is -0.0377. The predicted molar refractivity (Wildman–Crippen MR) is 89.8 cm³/mol. The van der Waals surface area contributed by atoms with Gasteiger partial charge in [-0.05, 0) is 39.2 Å². The van der Waals surface area contributed by atoms with Crippen molar-refractivity contribution < 1.29 is 9.59 Å². The van der Waals surface area contributed by atoms with E-state index in [9.17, 15) is 9.59 Å². The minimum atomic E-state index is -0.106. The molecular formula is C20H14O2. The molecule has 4 aromatic carbocycles. The third kappa shape index (κ3) is 1.81. The van der Waals surface area contributed by atoms with E-state index >= 15 is 0 Å². The standard InChI is InChI=1S/C20H14O2/c1-12(21)11-18(22)16-9-7-15-6-5-13-3-2-4-14-8-10-17(16)20(15)19(13)14/h2-10H,11H2,1H3. The summed E-state index contributed by atoms with van der Waals surface area (Å²) in [5.74, 6) is -0.207. The Hall–Kier alpha value is -2.74. The fraction of sp³-hybridized carbons (Fsp3) is 0.100. The lowest BCUT2D eigenvalue weighted by atomic mass is 9.90. The highest BCUT2D eigenvalue weighted by molar-refractivity contribution is 6.27. The number of ketones is 2. The van der Waals surface area contributed by atoms with Crippen molar-refractivity contribution in [3.05, 3.63) is 60.2 Å². The number of benzene rings is 4. The average Bonchev–Trinajstić information content (AvgIpc) is 2.51. The Labute approximate surface area is 127 Å². The summed E-state index contributed by atoms with van der Waals surface area (Å²) in [6, 6.07) is 18.3. The lowest BCUT2D eigenvalue weighted by Crippen LogP contribution is -2.05. The number of Topliss-reactive ketones (excluding diaryl/α,β-unsaturated/α-hetero) is 2. The van der Waals surface area contributed by atoms with Crippen molar-refractivity contribution in [2.75, 3.05) is 0 Å². The SMILES string of the molecule is CC(=O)CC(=O)c1ccc2ccc3cccc4ccc1c2c34. The van der Waals surface area contributed by atoms with Gasteiger partial charge in [0.25, 0.3) is 0 Å². The van der Waals surface area contributed by atoms with E-state index in [1.54, 1.807) is 0 Å². The molecule has 4 aromatic rings. The molecule has 0 N–H and O–H groups in total. The topological polar surface area (TPSA) is 34.1 Å². The summed E-state index contributed by atoms with van der Waals surface area (Å²) >= 11 is 0. The maximum absolute atomic E-state index is 12.4. The Kier molecular flexibility index (Phi) is 2.73. The first-order valence-corrected chi connectivity index (χ1v) is 7.34. The fourth-order valence-corrected chi connectivity index (χ4v) is 3.30. The molecule has 0 heterocycles. The van der Waals surface area contributed by atoms with Gasteiger partial charge >= 0.3 is 0 Å². The minimum Gasteiger partial charge on any atom is -0.300 e. The quantitative estimate of drug-likeness (QED) is 0.309. The Morgan fingerprint density at radius 1 is 0.773 bits per heavy atom. The first kappa shape index (κ1) is 13.0. The molecule has 0 aliphatic carbocycles. The molecule has 0 radical (unpaired) electrons. The highest BCUT2D eigenvalue weighted by Gasteiger charge is 2.15. The monoisotopic (exact) mass is 286 g/mol. The number of hydrogen-bond acceptors (Lipinski definition) is 2. The molecule has 22 heavy (non-hydrogen) atoms. The molecule has 0 aliphatic rings. The molecule has 0 aromatic heterocycles. The molecule has 0 fully saturated rings. The van der Waals surface area contributed by atoms with Crippen molar-refractivity contribution in [3.63, 3.8) is 0 Å². The van der Waals surface area contributed by atoms with E-state index in [-0.39, 0.29) is 18.0 Å². The van der Waals surface area contributed by atoms with Crippen LogP contribution in [0.2, 0.25) is 0 Å². The maximum atomic E-state index is 12.4. The first-order chi connectivity index (χ1) is 10.6. The van der Waals surface area contributed by atoms with Crippen LogP contribution in [0.1, 0.15) is 23.7 Å². The van der Waals surface area contributed by atoms with Crippen molar-refractivity contribution in [3.8, 4) is 0 Å². The van der Waals surface area contributed by atoms with Crippen LogP contribution in [0.4, 0.5) is 0 Å². The molecule has 2 nitrogen and oxygen atoms in total. The molecule has 0 amide bonds. The van der Waals surface area contributed by atoms with Crippen molar-refractivity contribution >= 4 is 43.9 Å². The summed E-state index contributed by atoms with van der Waals surface area (Å²) in [5.41, 5.74) is 0.640. The minimum absolute atomic E-state index is 0.0377.